The van der Waals surface area contributed by atoms with Crippen LogP contribution in [0.15, 0.2) is 47.4 Å². The van der Waals surface area contributed by atoms with Gasteiger partial charge in [0.05, 0.1) is 10.9 Å². The molecule has 0 bridgehead atoms. The van der Waals surface area contributed by atoms with Crippen LogP contribution in [0.5, 0.6) is 0 Å². The van der Waals surface area contributed by atoms with Crippen molar-refractivity contribution >= 4 is 16.6 Å². The Bertz CT molecular complexity index is 913. The summed E-state index contributed by atoms with van der Waals surface area (Å²) in [6.07, 6.45) is 16.3. The van der Waals surface area contributed by atoms with E-state index in [9.17, 15) is 4.79 Å². The summed E-state index contributed by atoms with van der Waals surface area (Å²) in [6.45, 7) is 2.27. The van der Waals surface area contributed by atoms with Crippen LogP contribution in [0.25, 0.3) is 16.6 Å². The van der Waals surface area contributed by atoms with Crippen LogP contribution < -0.4 is 5.56 Å². The zero-order chi connectivity index (χ0) is 18.9. The number of rotatable bonds is 11. The Morgan fingerprint density at radius 2 is 1.56 bits per heavy atom. The largest absolute Gasteiger partial charge is 0.268 e. The summed E-state index contributed by atoms with van der Waals surface area (Å²) in [6, 6.07) is 11.8. The summed E-state index contributed by atoms with van der Waals surface area (Å²) in [4.78, 5) is 17.3. The highest BCUT2D eigenvalue weighted by Crippen LogP contribution is 2.16. The van der Waals surface area contributed by atoms with E-state index in [-0.39, 0.29) is 5.56 Å². The Balaban J connectivity index is 1.48. The zero-order valence-corrected chi connectivity index (χ0v) is 16.6. The lowest BCUT2D eigenvalue weighted by molar-refractivity contribution is 0.556. The highest BCUT2D eigenvalue weighted by Gasteiger charge is 2.06. The predicted octanol–water partition coefficient (Wildman–Crippen LogP) is 6.31. The van der Waals surface area contributed by atoms with E-state index in [0.29, 0.717) is 5.65 Å². The fourth-order valence-corrected chi connectivity index (χ4v) is 3.77. The number of aromatic nitrogens is 2. The smallest absolute Gasteiger partial charge is 0.265 e. The third-order valence-corrected chi connectivity index (χ3v) is 5.40. The number of aryl methyl sites for hydroxylation is 1. The molecular formula is C24H32N2O. The van der Waals surface area contributed by atoms with Crippen molar-refractivity contribution in [1.82, 2.24) is 9.38 Å². The van der Waals surface area contributed by atoms with E-state index in [1.807, 2.05) is 30.3 Å². The molecule has 0 aliphatic rings. The molecule has 0 fully saturated rings. The highest BCUT2D eigenvalue weighted by molar-refractivity contribution is 5.80. The van der Waals surface area contributed by atoms with Crippen LogP contribution in [-0.4, -0.2) is 9.38 Å². The minimum absolute atomic E-state index is 0.0283. The Kier molecular flexibility index (Phi) is 7.44. The van der Waals surface area contributed by atoms with Gasteiger partial charge in [0, 0.05) is 6.20 Å². The lowest BCUT2D eigenvalue weighted by atomic mass is 10.0. The van der Waals surface area contributed by atoms with E-state index in [4.69, 9.17) is 0 Å². The van der Waals surface area contributed by atoms with E-state index in [1.54, 1.807) is 10.6 Å². The summed E-state index contributed by atoms with van der Waals surface area (Å²) in [7, 11) is 0. The van der Waals surface area contributed by atoms with Crippen LogP contribution in [0.2, 0.25) is 0 Å². The van der Waals surface area contributed by atoms with Gasteiger partial charge < -0.3 is 0 Å². The Hall–Kier alpha value is -2.16. The molecule has 0 saturated heterocycles. The van der Waals surface area contributed by atoms with Gasteiger partial charge in [0.2, 0.25) is 0 Å². The van der Waals surface area contributed by atoms with Crippen LogP contribution >= 0.6 is 0 Å². The molecule has 2 heterocycles. The topological polar surface area (TPSA) is 34.4 Å². The van der Waals surface area contributed by atoms with Crippen molar-refractivity contribution in [2.75, 3.05) is 0 Å². The number of hydrogen-bond donors (Lipinski definition) is 0. The monoisotopic (exact) mass is 364 g/mol. The molecule has 0 radical (unpaired) electrons. The van der Waals surface area contributed by atoms with Gasteiger partial charge in [-0.25, -0.2) is 4.98 Å². The Labute approximate surface area is 162 Å². The highest BCUT2D eigenvalue weighted by atomic mass is 16.1. The van der Waals surface area contributed by atoms with Crippen molar-refractivity contribution in [3.05, 3.63) is 58.5 Å². The van der Waals surface area contributed by atoms with E-state index in [1.165, 1.54) is 69.8 Å². The van der Waals surface area contributed by atoms with Crippen molar-refractivity contribution < 1.29 is 0 Å². The molecule has 0 saturated carbocycles. The maximum absolute atomic E-state index is 12.7. The van der Waals surface area contributed by atoms with Crippen molar-refractivity contribution in [3.8, 4) is 0 Å². The quantitative estimate of drug-likeness (QED) is 0.295. The molecule has 1 aromatic carbocycles. The van der Waals surface area contributed by atoms with Crippen LogP contribution in [-0.2, 0) is 6.42 Å². The summed E-state index contributed by atoms with van der Waals surface area (Å²) in [5.74, 6) is 0. The lowest BCUT2D eigenvalue weighted by Crippen LogP contribution is -2.14. The van der Waals surface area contributed by atoms with Crippen molar-refractivity contribution in [1.29, 1.82) is 0 Å². The normalized spacial score (nSPS) is 11.4. The van der Waals surface area contributed by atoms with Crippen LogP contribution in [0, 0.1) is 0 Å². The molecule has 144 valence electrons. The standard InChI is InChI=1S/C24H32N2O/c1-2-3-4-5-6-7-8-9-10-11-14-20-16-17-22-21(19-20)24(27)26-18-13-12-15-23(26)25-22/h12-13,15-19H,2-11,14H2,1H3. The Morgan fingerprint density at radius 3 is 2.30 bits per heavy atom. The molecule has 0 unspecified atom stereocenters. The molecular weight excluding hydrogens is 332 g/mol. The van der Waals surface area contributed by atoms with Gasteiger partial charge in [0.25, 0.3) is 5.56 Å². The van der Waals surface area contributed by atoms with Gasteiger partial charge in [-0.3, -0.25) is 9.20 Å². The number of hydrogen-bond acceptors (Lipinski definition) is 2. The first-order valence-electron chi connectivity index (χ1n) is 10.7. The molecule has 27 heavy (non-hydrogen) atoms. The molecule has 0 spiro atoms. The minimum Gasteiger partial charge on any atom is -0.268 e. The molecule has 0 N–H and O–H groups in total. The van der Waals surface area contributed by atoms with Gasteiger partial charge in [0.15, 0.2) is 0 Å². The average molecular weight is 365 g/mol. The Morgan fingerprint density at radius 1 is 0.852 bits per heavy atom. The van der Waals surface area contributed by atoms with Crippen LogP contribution in [0.1, 0.15) is 76.7 Å². The second-order valence-corrected chi connectivity index (χ2v) is 7.63. The molecule has 3 heteroatoms. The SMILES string of the molecule is CCCCCCCCCCCCc1ccc2nc3ccccn3c(=O)c2c1. The first-order chi connectivity index (χ1) is 13.3. The van der Waals surface area contributed by atoms with Crippen molar-refractivity contribution in [3.63, 3.8) is 0 Å². The van der Waals surface area contributed by atoms with Gasteiger partial charge in [-0.05, 0) is 42.7 Å². The van der Waals surface area contributed by atoms with Crippen LogP contribution in [0.4, 0.5) is 0 Å². The fraction of sp³-hybridized carbons (Fsp3) is 0.500. The number of nitrogens with zero attached hydrogens (tertiary/aromatic N) is 2. The average Bonchev–Trinajstić information content (AvgIpc) is 2.70. The molecule has 0 amide bonds. The van der Waals surface area contributed by atoms with E-state index in [2.05, 4.69) is 18.0 Å². The number of fused-ring (bicyclic) bond motifs is 2. The van der Waals surface area contributed by atoms with Crippen molar-refractivity contribution in [2.45, 2.75) is 77.6 Å². The molecule has 3 nitrogen and oxygen atoms in total. The predicted molar refractivity (Wildman–Crippen MR) is 115 cm³/mol. The maximum atomic E-state index is 12.7. The van der Waals surface area contributed by atoms with E-state index < -0.39 is 0 Å². The lowest BCUT2D eigenvalue weighted by Gasteiger charge is -2.06. The summed E-state index contributed by atoms with van der Waals surface area (Å²) in [5, 5.41) is 0.725. The molecule has 3 rings (SSSR count). The molecule has 0 aliphatic heterocycles. The summed E-state index contributed by atoms with van der Waals surface area (Å²) < 4.78 is 1.63. The van der Waals surface area contributed by atoms with E-state index in [0.717, 1.165) is 17.3 Å². The minimum atomic E-state index is 0.0283. The van der Waals surface area contributed by atoms with Gasteiger partial charge in [0.1, 0.15) is 5.65 Å². The first-order valence-corrected chi connectivity index (χ1v) is 10.7. The molecule has 0 atom stereocenters. The fourth-order valence-electron chi connectivity index (χ4n) is 3.77. The number of benzene rings is 1. The molecule has 0 aliphatic carbocycles. The molecule has 2 aromatic heterocycles. The third-order valence-electron chi connectivity index (χ3n) is 5.40. The first kappa shape index (κ1) is 19.6. The third kappa shape index (κ3) is 5.41. The van der Waals surface area contributed by atoms with Gasteiger partial charge in [-0.1, -0.05) is 76.8 Å². The number of pyridine rings is 1. The molecule has 3 aromatic rings. The second-order valence-electron chi connectivity index (χ2n) is 7.63. The maximum Gasteiger partial charge on any atom is 0.265 e. The number of unbranched alkanes of at least 4 members (excludes halogenated alkanes) is 9. The van der Waals surface area contributed by atoms with Gasteiger partial charge in [-0.15, -0.1) is 0 Å². The van der Waals surface area contributed by atoms with Gasteiger partial charge >= 0.3 is 0 Å². The van der Waals surface area contributed by atoms with E-state index >= 15 is 0 Å². The summed E-state index contributed by atoms with van der Waals surface area (Å²) >= 11 is 0. The summed E-state index contributed by atoms with van der Waals surface area (Å²) in [5.41, 5.74) is 2.77. The van der Waals surface area contributed by atoms with Gasteiger partial charge in [-0.2, -0.15) is 0 Å². The van der Waals surface area contributed by atoms with Crippen molar-refractivity contribution in [2.24, 2.45) is 0 Å². The zero-order valence-electron chi connectivity index (χ0n) is 16.6. The van der Waals surface area contributed by atoms with Crippen LogP contribution in [0.3, 0.4) is 0 Å². The second kappa shape index (κ2) is 10.2.